The summed E-state index contributed by atoms with van der Waals surface area (Å²) in [4.78, 5) is 30.5. The molecule has 1 aliphatic carbocycles. The Labute approximate surface area is 216 Å². The maximum atomic E-state index is 13.5. The summed E-state index contributed by atoms with van der Waals surface area (Å²) in [7, 11) is 0. The van der Waals surface area contributed by atoms with E-state index in [1.165, 1.54) is 0 Å². The fraction of sp³-hybridized carbons (Fsp3) is 0.222. The SMILES string of the molecule is CC(C)(CC1([N+](=O)[O-])c2ccccc2Cc2ccccc21)C(=O)Nc1n[nH]c(-c2cccc(Br)c2)n1. The smallest absolute Gasteiger partial charge is 0.273 e. The van der Waals surface area contributed by atoms with Crippen LogP contribution in [0.4, 0.5) is 5.95 Å². The van der Waals surface area contributed by atoms with Gasteiger partial charge in [-0.25, -0.2) is 0 Å². The van der Waals surface area contributed by atoms with Crippen LogP contribution >= 0.6 is 15.9 Å². The van der Waals surface area contributed by atoms with Gasteiger partial charge in [0.05, 0.1) is 5.41 Å². The number of benzene rings is 3. The van der Waals surface area contributed by atoms with Crippen molar-refractivity contribution in [3.05, 3.63) is 110 Å². The summed E-state index contributed by atoms with van der Waals surface area (Å²) in [6.45, 7) is 3.44. The summed E-state index contributed by atoms with van der Waals surface area (Å²) < 4.78 is 0.890. The Bertz CT molecular complexity index is 1430. The van der Waals surface area contributed by atoms with Gasteiger partial charge in [0.15, 0.2) is 5.82 Å². The lowest BCUT2D eigenvalue weighted by Crippen LogP contribution is -2.47. The number of anilines is 1. The van der Waals surface area contributed by atoms with Gasteiger partial charge < -0.3 is 0 Å². The van der Waals surface area contributed by atoms with E-state index in [1.54, 1.807) is 13.8 Å². The number of halogens is 1. The fourth-order valence-corrected chi connectivity index (χ4v) is 5.43. The topological polar surface area (TPSA) is 114 Å². The van der Waals surface area contributed by atoms with Crippen molar-refractivity contribution in [3.63, 3.8) is 0 Å². The summed E-state index contributed by atoms with van der Waals surface area (Å²) in [5, 5.41) is 22.6. The number of carbonyl (C=O) groups is 1. The van der Waals surface area contributed by atoms with Gasteiger partial charge in [0.25, 0.3) is 5.54 Å². The summed E-state index contributed by atoms with van der Waals surface area (Å²) in [6, 6.07) is 22.4. The monoisotopic (exact) mass is 545 g/mol. The van der Waals surface area contributed by atoms with Gasteiger partial charge >= 0.3 is 0 Å². The molecule has 1 aromatic heterocycles. The highest BCUT2D eigenvalue weighted by molar-refractivity contribution is 9.10. The molecular formula is C27H24BrN5O3. The number of aromatic amines is 1. The van der Waals surface area contributed by atoms with Gasteiger partial charge in [0.1, 0.15) is 0 Å². The van der Waals surface area contributed by atoms with Crippen LogP contribution < -0.4 is 5.32 Å². The highest BCUT2D eigenvalue weighted by Gasteiger charge is 2.55. The number of H-pyrrole nitrogens is 1. The van der Waals surface area contributed by atoms with Crippen LogP contribution in [0.5, 0.6) is 0 Å². The molecule has 4 aromatic rings. The molecule has 8 nitrogen and oxygen atoms in total. The highest BCUT2D eigenvalue weighted by atomic mass is 79.9. The minimum atomic E-state index is -1.56. The first-order valence-corrected chi connectivity index (χ1v) is 12.3. The molecule has 0 saturated heterocycles. The van der Waals surface area contributed by atoms with Gasteiger partial charge in [-0.2, -0.15) is 4.98 Å². The van der Waals surface area contributed by atoms with E-state index < -0.39 is 16.9 Å². The second-order valence-electron chi connectivity index (χ2n) is 9.64. The number of nitrogens with zero attached hydrogens (tertiary/aromatic N) is 3. The van der Waals surface area contributed by atoms with Crippen molar-refractivity contribution in [3.8, 4) is 11.4 Å². The average Bonchev–Trinajstić information content (AvgIpc) is 3.32. The van der Waals surface area contributed by atoms with E-state index >= 15 is 0 Å². The van der Waals surface area contributed by atoms with Crippen LogP contribution in [-0.2, 0) is 16.8 Å². The van der Waals surface area contributed by atoms with E-state index in [9.17, 15) is 14.9 Å². The van der Waals surface area contributed by atoms with E-state index in [0.29, 0.717) is 23.4 Å². The number of nitro groups is 1. The Kier molecular flexibility index (Phi) is 5.96. The van der Waals surface area contributed by atoms with Crippen molar-refractivity contribution in [1.82, 2.24) is 15.2 Å². The Morgan fingerprint density at radius 3 is 2.33 bits per heavy atom. The summed E-state index contributed by atoms with van der Waals surface area (Å²) in [6.07, 6.45) is 0.583. The lowest BCUT2D eigenvalue weighted by Gasteiger charge is -2.37. The number of carbonyl (C=O) groups excluding carboxylic acids is 1. The van der Waals surface area contributed by atoms with Crippen LogP contribution in [0, 0.1) is 15.5 Å². The van der Waals surface area contributed by atoms with Gasteiger partial charge in [-0.15, -0.1) is 5.10 Å². The molecule has 0 fully saturated rings. The molecule has 1 heterocycles. The quantitative estimate of drug-likeness (QED) is 0.238. The molecule has 0 atom stereocenters. The van der Waals surface area contributed by atoms with Crippen LogP contribution in [0.1, 0.15) is 42.5 Å². The highest BCUT2D eigenvalue weighted by Crippen LogP contribution is 2.48. The van der Waals surface area contributed by atoms with Crippen LogP contribution in [-0.4, -0.2) is 26.0 Å². The first-order valence-electron chi connectivity index (χ1n) is 11.5. The average molecular weight is 546 g/mol. The summed E-state index contributed by atoms with van der Waals surface area (Å²) in [5.74, 6) is 0.216. The third kappa shape index (κ3) is 4.09. The fourth-order valence-electron chi connectivity index (χ4n) is 5.03. The number of fused-ring (bicyclic) bond motifs is 2. The van der Waals surface area contributed by atoms with E-state index in [-0.39, 0.29) is 17.3 Å². The molecule has 0 aliphatic heterocycles. The second-order valence-corrected chi connectivity index (χ2v) is 10.6. The van der Waals surface area contributed by atoms with Gasteiger partial charge in [-0.3, -0.25) is 25.3 Å². The molecule has 0 radical (unpaired) electrons. The first kappa shape index (κ1) is 23.9. The number of hydrogen-bond acceptors (Lipinski definition) is 5. The number of rotatable bonds is 6. The lowest BCUT2D eigenvalue weighted by molar-refractivity contribution is -0.570. The molecule has 1 amide bonds. The standard InChI is InChI=1S/C27H24BrN5O3/c1-26(2,24(34)30-25-29-23(31-32-25)19-10-7-11-20(28)15-19)16-27(33(35)36)21-12-5-3-8-17(21)14-18-9-4-6-13-22(18)27/h3-13,15H,14,16H2,1-2H3,(H2,29,30,31,32,34). The molecule has 5 rings (SSSR count). The second kappa shape index (κ2) is 8.98. The summed E-state index contributed by atoms with van der Waals surface area (Å²) >= 11 is 3.43. The summed E-state index contributed by atoms with van der Waals surface area (Å²) in [5.41, 5.74) is 1.18. The maximum Gasteiger partial charge on any atom is 0.273 e. The van der Waals surface area contributed by atoms with E-state index in [1.807, 2.05) is 72.8 Å². The largest absolute Gasteiger partial charge is 0.293 e. The zero-order valence-electron chi connectivity index (χ0n) is 19.8. The van der Waals surface area contributed by atoms with Crippen LogP contribution in [0.15, 0.2) is 77.3 Å². The molecule has 2 N–H and O–H groups in total. The number of aromatic nitrogens is 3. The van der Waals surface area contributed by atoms with Gasteiger partial charge in [-0.1, -0.05) is 90.4 Å². The van der Waals surface area contributed by atoms with Gasteiger partial charge in [0.2, 0.25) is 11.9 Å². The van der Waals surface area contributed by atoms with Gasteiger partial charge in [0, 0.05) is 32.5 Å². The normalized spacial score (nSPS) is 14.0. The first-order chi connectivity index (χ1) is 17.2. The molecule has 1 aliphatic rings. The van der Waals surface area contributed by atoms with Crippen molar-refractivity contribution < 1.29 is 9.72 Å². The Balaban J connectivity index is 1.48. The lowest BCUT2D eigenvalue weighted by atomic mass is 9.65. The maximum absolute atomic E-state index is 13.5. The van der Waals surface area contributed by atoms with Crippen LogP contribution in [0.3, 0.4) is 0 Å². The molecule has 36 heavy (non-hydrogen) atoms. The van der Waals surface area contributed by atoms with E-state index in [2.05, 4.69) is 36.4 Å². The molecule has 0 unspecified atom stereocenters. The van der Waals surface area contributed by atoms with Crippen molar-refractivity contribution >= 4 is 27.8 Å². The predicted octanol–water partition coefficient (Wildman–Crippen LogP) is 5.71. The van der Waals surface area contributed by atoms with Crippen molar-refractivity contribution in [2.24, 2.45) is 5.41 Å². The van der Waals surface area contributed by atoms with Crippen LogP contribution in [0.2, 0.25) is 0 Å². The third-order valence-corrected chi connectivity index (χ3v) is 7.23. The molecule has 0 saturated carbocycles. The minimum Gasteiger partial charge on any atom is -0.293 e. The zero-order valence-corrected chi connectivity index (χ0v) is 21.4. The molecule has 182 valence electrons. The molecule has 0 bridgehead atoms. The van der Waals surface area contributed by atoms with Crippen molar-refractivity contribution in [2.45, 2.75) is 32.2 Å². The van der Waals surface area contributed by atoms with E-state index in [4.69, 9.17) is 0 Å². The zero-order chi connectivity index (χ0) is 25.5. The predicted molar refractivity (Wildman–Crippen MR) is 140 cm³/mol. The van der Waals surface area contributed by atoms with E-state index in [0.717, 1.165) is 21.2 Å². The Hall–Kier alpha value is -3.85. The Morgan fingerprint density at radius 2 is 1.72 bits per heavy atom. The molecular weight excluding hydrogens is 522 g/mol. The minimum absolute atomic E-state index is 0.0320. The molecule has 9 heteroatoms. The third-order valence-electron chi connectivity index (χ3n) is 6.74. The number of nitrogens with one attached hydrogen (secondary N) is 2. The molecule has 3 aromatic carbocycles. The number of hydrogen-bond donors (Lipinski definition) is 2. The van der Waals surface area contributed by atoms with Crippen LogP contribution in [0.25, 0.3) is 11.4 Å². The number of amides is 1. The van der Waals surface area contributed by atoms with Crippen molar-refractivity contribution in [2.75, 3.05) is 5.32 Å². The molecule has 0 spiro atoms. The van der Waals surface area contributed by atoms with Crippen molar-refractivity contribution in [1.29, 1.82) is 0 Å². The van der Waals surface area contributed by atoms with Gasteiger partial charge in [-0.05, 0) is 29.7 Å². The Morgan fingerprint density at radius 1 is 1.08 bits per heavy atom.